The first-order valence-corrected chi connectivity index (χ1v) is 8.18. The Bertz CT molecular complexity index is 816. The van der Waals surface area contributed by atoms with Gasteiger partial charge in [0.05, 0.1) is 6.04 Å². The average Bonchev–Trinajstić information content (AvgIpc) is 3.08. The first kappa shape index (κ1) is 18.4. The van der Waals surface area contributed by atoms with E-state index < -0.39 is 12.0 Å². The van der Waals surface area contributed by atoms with Gasteiger partial charge < -0.3 is 11.4 Å². The summed E-state index contributed by atoms with van der Waals surface area (Å²) in [6.07, 6.45) is 0.480. The van der Waals surface area contributed by atoms with Crippen molar-refractivity contribution in [3.05, 3.63) is 10.6 Å². The molecular weight excluding hydrogens is 359 g/mol. The van der Waals surface area contributed by atoms with E-state index in [1.54, 1.807) is 11.9 Å². The number of hydrogen-bond acceptors (Lipinski definition) is 7. The Hall–Kier alpha value is -1.43. The number of carboxylic acids is 1. The van der Waals surface area contributed by atoms with Crippen molar-refractivity contribution in [1.82, 2.24) is 30.0 Å². The van der Waals surface area contributed by atoms with Gasteiger partial charge >= 0.3 is 35.5 Å². The number of amides is 2. The van der Waals surface area contributed by atoms with Crippen LogP contribution in [0.25, 0.3) is 0 Å². The van der Waals surface area contributed by atoms with Gasteiger partial charge in [-0.1, -0.05) is 11.8 Å². The summed E-state index contributed by atoms with van der Waals surface area (Å²) < 4.78 is 1.44. The minimum atomic E-state index is -1.15. The maximum absolute atomic E-state index is 12.5. The van der Waals surface area contributed by atoms with Crippen LogP contribution in [0.2, 0.25) is 0 Å². The number of carboxylic acid groups (broad SMARTS) is 1. The summed E-state index contributed by atoms with van der Waals surface area (Å²) in [5.41, 5.74) is -0.0177. The number of allylic oxidation sites excluding steroid dienone is 1. The summed E-state index contributed by atoms with van der Waals surface area (Å²) in [4.78, 5) is 39.4. The van der Waals surface area contributed by atoms with Crippen LogP contribution in [0.5, 0.6) is 0 Å². The van der Waals surface area contributed by atoms with Crippen molar-refractivity contribution < 1.29 is 50.5 Å². The molecule has 2 saturated heterocycles. The number of thioether (sulfide) groups is 1. The van der Waals surface area contributed by atoms with Crippen molar-refractivity contribution in [3.63, 3.8) is 0 Å². The maximum atomic E-state index is 12.5. The molecule has 4 heterocycles. The van der Waals surface area contributed by atoms with Crippen molar-refractivity contribution >= 4 is 29.5 Å². The molecule has 1 aromatic heterocycles. The Labute approximate surface area is 170 Å². The van der Waals surface area contributed by atoms with Crippen LogP contribution in [0.1, 0.15) is 14.8 Å². The van der Waals surface area contributed by atoms with Gasteiger partial charge in [0, 0.05) is 31.3 Å². The van der Waals surface area contributed by atoms with Crippen molar-refractivity contribution in [2.75, 3.05) is 6.54 Å². The Kier molecular flexibility index (Phi) is 4.69. The number of β-lactam (4-membered cyclic amide) rings is 1. The number of likely N-dealkylation sites (tertiary alicyclic amines) is 1. The van der Waals surface area contributed by atoms with Crippen LogP contribution in [0.15, 0.2) is 15.8 Å². The molecule has 4 rings (SSSR count). The molecule has 0 aromatic carbocycles. The summed E-state index contributed by atoms with van der Waals surface area (Å²) in [5, 5.41) is 21.2. The fourth-order valence-electron chi connectivity index (χ4n) is 3.72. The van der Waals surface area contributed by atoms with Crippen LogP contribution in [0, 0.1) is 5.92 Å². The number of nitrogens with zero attached hydrogens (tertiary/aromatic N) is 6. The number of aliphatic carboxylic acids is 1. The van der Waals surface area contributed by atoms with Crippen molar-refractivity contribution in [2.24, 2.45) is 13.0 Å². The van der Waals surface area contributed by atoms with Gasteiger partial charge in [-0.25, -0.2) is 9.48 Å². The minimum Gasteiger partial charge on any atom is -1.00 e. The number of rotatable bonds is 3. The summed E-state index contributed by atoms with van der Waals surface area (Å²) in [5.74, 6) is -1.61. The number of tetrazole rings is 1. The molecule has 0 saturated carbocycles. The van der Waals surface area contributed by atoms with E-state index in [1.807, 2.05) is 0 Å². The average molecular weight is 374 g/mol. The van der Waals surface area contributed by atoms with Gasteiger partial charge in [-0.15, -0.1) is 5.10 Å². The summed E-state index contributed by atoms with van der Waals surface area (Å²) in [6, 6.07) is -0.764. The third kappa shape index (κ3) is 2.60. The number of carbonyl (C=O) groups is 3. The fraction of sp³-hybridized carbons (Fsp3) is 0.538. The van der Waals surface area contributed by atoms with Gasteiger partial charge in [0.2, 0.25) is 11.1 Å². The predicted octanol–water partition coefficient (Wildman–Crippen LogP) is -3.82. The van der Waals surface area contributed by atoms with E-state index in [-0.39, 0.29) is 60.5 Å². The van der Waals surface area contributed by atoms with E-state index >= 15 is 0 Å². The zero-order valence-electron chi connectivity index (χ0n) is 14.9. The standard InChI is InChI=1S/C13H14N6O4S.Na.H/c1-5(20)18-4-6-3-7(24-13-14-15-16-17(13)2)9(12(22)23)19-8(6)10(18)11(19)21;;/h6,8,10H,3-4H2,1-2H3,(H,22,23);;/q;+1;-1/t6-,8-,10+;;/m1../s1. The molecule has 0 aliphatic carbocycles. The quantitative estimate of drug-likeness (QED) is 0.422. The zero-order valence-corrected chi connectivity index (χ0v) is 16.7. The largest absolute Gasteiger partial charge is 1.00 e. The smallest absolute Gasteiger partial charge is 1.00 e. The van der Waals surface area contributed by atoms with Crippen LogP contribution in [0.3, 0.4) is 0 Å². The minimum absolute atomic E-state index is 0. The molecule has 0 unspecified atom stereocenters. The van der Waals surface area contributed by atoms with E-state index in [0.29, 0.717) is 23.0 Å². The maximum Gasteiger partial charge on any atom is 1.00 e. The van der Waals surface area contributed by atoms with E-state index in [4.69, 9.17) is 0 Å². The molecule has 0 radical (unpaired) electrons. The molecule has 0 bridgehead atoms. The predicted molar refractivity (Wildman–Crippen MR) is 80.3 cm³/mol. The van der Waals surface area contributed by atoms with Crippen LogP contribution < -0.4 is 29.6 Å². The Balaban J connectivity index is 0.00000121. The normalized spacial score (nSPS) is 27.0. The second-order valence-electron chi connectivity index (χ2n) is 6.04. The number of aryl methyl sites for hydroxylation is 1. The van der Waals surface area contributed by atoms with Gasteiger partial charge in [0.25, 0.3) is 5.91 Å². The first-order valence-electron chi connectivity index (χ1n) is 7.37. The van der Waals surface area contributed by atoms with E-state index in [2.05, 4.69) is 15.5 Å². The second-order valence-corrected chi connectivity index (χ2v) is 7.11. The Morgan fingerprint density at radius 3 is 2.68 bits per heavy atom. The fourth-order valence-corrected chi connectivity index (χ4v) is 4.77. The van der Waals surface area contributed by atoms with E-state index in [1.165, 1.54) is 16.5 Å². The molecule has 12 heteroatoms. The molecule has 3 aliphatic heterocycles. The van der Waals surface area contributed by atoms with Gasteiger partial charge in [-0.2, -0.15) is 0 Å². The van der Waals surface area contributed by atoms with E-state index in [9.17, 15) is 19.5 Å². The Morgan fingerprint density at radius 1 is 1.40 bits per heavy atom. The number of hydrogen-bond donors (Lipinski definition) is 1. The third-order valence-electron chi connectivity index (χ3n) is 4.72. The molecule has 25 heavy (non-hydrogen) atoms. The molecule has 0 spiro atoms. The van der Waals surface area contributed by atoms with Crippen molar-refractivity contribution in [2.45, 2.75) is 30.6 Å². The van der Waals surface area contributed by atoms with Crippen LogP contribution >= 0.6 is 11.8 Å². The van der Waals surface area contributed by atoms with Gasteiger partial charge in [0.15, 0.2) is 0 Å². The number of aromatic nitrogens is 4. The Morgan fingerprint density at radius 2 is 2.12 bits per heavy atom. The number of carbonyl (C=O) groups excluding carboxylic acids is 2. The molecule has 2 fully saturated rings. The topological polar surface area (TPSA) is 122 Å². The first-order chi connectivity index (χ1) is 11.4. The second kappa shape index (κ2) is 6.38. The molecule has 2 amide bonds. The van der Waals surface area contributed by atoms with Crippen LogP contribution in [0.4, 0.5) is 0 Å². The molecule has 3 atom stereocenters. The van der Waals surface area contributed by atoms with Gasteiger partial charge in [0.1, 0.15) is 11.7 Å². The van der Waals surface area contributed by atoms with Crippen molar-refractivity contribution in [1.29, 1.82) is 0 Å². The third-order valence-corrected chi connectivity index (χ3v) is 5.85. The molecule has 3 aliphatic rings. The van der Waals surface area contributed by atoms with Crippen LogP contribution in [-0.4, -0.2) is 71.5 Å². The molecule has 10 nitrogen and oxygen atoms in total. The van der Waals surface area contributed by atoms with Crippen molar-refractivity contribution in [3.8, 4) is 0 Å². The van der Waals surface area contributed by atoms with Crippen LogP contribution in [-0.2, 0) is 21.4 Å². The SMILES string of the molecule is CC(=O)N1C[C@H]2CC(Sc3nnnn3C)=C(C(=O)O)N3C(=O)[C@@H]1[C@@H]23.[H-].[Na+]. The zero-order chi connectivity index (χ0) is 17.2. The summed E-state index contributed by atoms with van der Waals surface area (Å²) >= 11 is 1.15. The van der Waals surface area contributed by atoms with E-state index in [0.717, 1.165) is 11.8 Å². The molecular formula is C13H15N6NaO4S. The molecule has 1 N–H and O–H groups in total. The summed E-state index contributed by atoms with van der Waals surface area (Å²) in [6.45, 7) is 1.89. The monoisotopic (exact) mass is 374 g/mol. The van der Waals surface area contributed by atoms with Gasteiger partial charge in [-0.05, 0) is 16.8 Å². The summed E-state index contributed by atoms with van der Waals surface area (Å²) in [7, 11) is 1.66. The molecule has 128 valence electrons. The molecule has 1 aromatic rings. The van der Waals surface area contributed by atoms with Gasteiger partial charge in [-0.3, -0.25) is 14.5 Å².